The summed E-state index contributed by atoms with van der Waals surface area (Å²) in [6.07, 6.45) is 5.02. The third-order valence-corrected chi connectivity index (χ3v) is 3.52. The smallest absolute Gasteiger partial charge is 0.315 e. The van der Waals surface area contributed by atoms with Crippen LogP contribution in [0.5, 0.6) is 0 Å². The molecule has 0 aromatic heterocycles. The third-order valence-electron chi connectivity index (χ3n) is 3.52. The van der Waals surface area contributed by atoms with Crippen molar-refractivity contribution < 1.29 is 14.7 Å². The number of aliphatic carboxylic acids is 1. The van der Waals surface area contributed by atoms with Crippen LogP contribution in [0.2, 0.25) is 0 Å². The van der Waals surface area contributed by atoms with E-state index < -0.39 is 11.9 Å². The van der Waals surface area contributed by atoms with Crippen molar-refractivity contribution in [1.82, 2.24) is 10.6 Å². The van der Waals surface area contributed by atoms with Crippen LogP contribution in [0.1, 0.15) is 19.8 Å². The highest BCUT2D eigenvalue weighted by molar-refractivity contribution is 5.76. The Hall–Kier alpha value is -1.52. The summed E-state index contributed by atoms with van der Waals surface area (Å²) in [6, 6.07) is -0.363. The Morgan fingerprint density at radius 3 is 2.59 bits per heavy atom. The van der Waals surface area contributed by atoms with Gasteiger partial charge in [0.1, 0.15) is 0 Å². The molecule has 17 heavy (non-hydrogen) atoms. The van der Waals surface area contributed by atoms with Gasteiger partial charge in [0.05, 0.1) is 12.0 Å². The zero-order valence-electron chi connectivity index (χ0n) is 9.85. The maximum Gasteiger partial charge on any atom is 0.315 e. The van der Waals surface area contributed by atoms with E-state index in [1.807, 2.05) is 0 Å². The molecule has 2 amide bonds. The molecular weight excluding hydrogens is 220 g/mol. The van der Waals surface area contributed by atoms with Gasteiger partial charge in [0.2, 0.25) is 0 Å². The van der Waals surface area contributed by atoms with Crippen LogP contribution in [0.3, 0.4) is 0 Å². The number of amides is 2. The molecule has 0 saturated heterocycles. The summed E-state index contributed by atoms with van der Waals surface area (Å²) in [7, 11) is 0. The molecule has 4 atom stereocenters. The van der Waals surface area contributed by atoms with E-state index in [0.717, 1.165) is 5.92 Å². The van der Waals surface area contributed by atoms with Gasteiger partial charge < -0.3 is 15.7 Å². The van der Waals surface area contributed by atoms with Crippen LogP contribution >= 0.6 is 0 Å². The van der Waals surface area contributed by atoms with Gasteiger partial charge in [0.15, 0.2) is 0 Å². The Morgan fingerprint density at radius 1 is 1.35 bits per heavy atom. The van der Waals surface area contributed by atoms with Gasteiger partial charge in [-0.3, -0.25) is 4.79 Å². The van der Waals surface area contributed by atoms with Gasteiger partial charge in [0, 0.05) is 6.54 Å². The lowest BCUT2D eigenvalue weighted by Crippen LogP contribution is -2.41. The minimum absolute atomic E-state index is 0.160. The molecule has 0 bridgehead atoms. The highest BCUT2D eigenvalue weighted by Crippen LogP contribution is 2.36. The van der Waals surface area contributed by atoms with Crippen molar-refractivity contribution >= 4 is 12.0 Å². The fourth-order valence-electron chi connectivity index (χ4n) is 2.12. The Kier molecular flexibility index (Phi) is 3.36. The van der Waals surface area contributed by atoms with Crippen molar-refractivity contribution in [3.8, 4) is 0 Å². The van der Waals surface area contributed by atoms with E-state index in [-0.39, 0.29) is 12.1 Å². The lowest BCUT2D eigenvalue weighted by molar-refractivity contribution is -0.140. The molecule has 2 rings (SSSR count). The molecule has 3 N–H and O–H groups in total. The van der Waals surface area contributed by atoms with Crippen molar-refractivity contribution in [2.24, 2.45) is 17.8 Å². The fraction of sp³-hybridized carbons (Fsp3) is 0.667. The molecule has 0 aromatic rings. The van der Waals surface area contributed by atoms with E-state index in [4.69, 9.17) is 5.11 Å². The summed E-state index contributed by atoms with van der Waals surface area (Å²) in [4.78, 5) is 22.2. The van der Waals surface area contributed by atoms with Gasteiger partial charge in [-0.25, -0.2) is 4.79 Å². The van der Waals surface area contributed by atoms with E-state index in [9.17, 15) is 9.59 Å². The van der Waals surface area contributed by atoms with Crippen LogP contribution in [-0.4, -0.2) is 29.7 Å². The number of carboxylic acids is 1. The number of nitrogens with one attached hydrogen (secondary N) is 2. The minimum Gasteiger partial charge on any atom is -0.481 e. The molecule has 0 heterocycles. The number of carbonyl (C=O) groups excluding carboxylic acids is 1. The molecule has 5 nitrogen and oxygen atoms in total. The maximum absolute atomic E-state index is 11.5. The predicted octanol–water partition coefficient (Wildman–Crippen LogP) is 0.971. The predicted molar refractivity (Wildman–Crippen MR) is 62.5 cm³/mol. The van der Waals surface area contributed by atoms with Crippen molar-refractivity contribution in [1.29, 1.82) is 0 Å². The number of hydrogen-bond acceptors (Lipinski definition) is 2. The summed E-state index contributed by atoms with van der Waals surface area (Å²) in [5.74, 6) is 0.0335. The van der Waals surface area contributed by atoms with Gasteiger partial charge >= 0.3 is 12.0 Å². The minimum atomic E-state index is -0.835. The first-order valence-corrected chi connectivity index (χ1v) is 6.01. The number of carbonyl (C=O) groups is 2. The van der Waals surface area contributed by atoms with Crippen LogP contribution in [0.15, 0.2) is 12.2 Å². The van der Waals surface area contributed by atoms with Gasteiger partial charge in [-0.2, -0.15) is 0 Å². The lowest BCUT2D eigenvalue weighted by atomic mass is 10.1. The summed E-state index contributed by atoms with van der Waals surface area (Å²) in [5.41, 5.74) is 0. The van der Waals surface area contributed by atoms with Crippen molar-refractivity contribution in [3.05, 3.63) is 12.2 Å². The van der Waals surface area contributed by atoms with Crippen LogP contribution in [-0.2, 0) is 4.79 Å². The number of carboxylic acid groups (broad SMARTS) is 1. The molecule has 1 fully saturated rings. The van der Waals surface area contributed by atoms with E-state index in [1.165, 1.54) is 6.42 Å². The maximum atomic E-state index is 11.5. The summed E-state index contributed by atoms with van der Waals surface area (Å²) >= 11 is 0. The van der Waals surface area contributed by atoms with Gasteiger partial charge in [-0.05, 0) is 24.7 Å². The van der Waals surface area contributed by atoms with E-state index >= 15 is 0 Å². The van der Waals surface area contributed by atoms with Crippen molar-refractivity contribution in [3.63, 3.8) is 0 Å². The SMILES string of the molecule is CC1CC1CNC(=O)NC1C=CC(C(=O)O)C1. The van der Waals surface area contributed by atoms with E-state index in [0.29, 0.717) is 18.9 Å². The fourth-order valence-corrected chi connectivity index (χ4v) is 2.12. The molecule has 2 aliphatic carbocycles. The lowest BCUT2D eigenvalue weighted by Gasteiger charge is -2.12. The van der Waals surface area contributed by atoms with Crippen molar-refractivity contribution in [2.45, 2.75) is 25.8 Å². The standard InChI is InChI=1S/C12H18N2O3/c1-7-4-9(7)6-13-12(17)14-10-3-2-8(5-10)11(15)16/h2-3,7-10H,4-6H2,1H3,(H,15,16)(H2,13,14,17). The Balaban J connectivity index is 1.66. The molecule has 0 spiro atoms. The quantitative estimate of drug-likeness (QED) is 0.639. The molecule has 4 unspecified atom stereocenters. The van der Waals surface area contributed by atoms with E-state index in [2.05, 4.69) is 17.6 Å². The Labute approximate surface area is 100 Å². The highest BCUT2D eigenvalue weighted by Gasteiger charge is 2.32. The summed E-state index contributed by atoms with van der Waals surface area (Å²) in [6.45, 7) is 2.88. The zero-order valence-corrected chi connectivity index (χ0v) is 9.85. The summed E-state index contributed by atoms with van der Waals surface area (Å²) < 4.78 is 0. The molecule has 5 heteroatoms. The zero-order chi connectivity index (χ0) is 12.4. The first-order valence-electron chi connectivity index (χ1n) is 6.01. The summed E-state index contributed by atoms with van der Waals surface area (Å²) in [5, 5.41) is 14.4. The average molecular weight is 238 g/mol. The number of hydrogen-bond donors (Lipinski definition) is 3. The van der Waals surface area contributed by atoms with Crippen LogP contribution in [0.4, 0.5) is 4.79 Å². The Bertz CT molecular complexity index is 354. The molecule has 2 aliphatic rings. The molecule has 1 saturated carbocycles. The van der Waals surface area contributed by atoms with Gasteiger partial charge in [-0.15, -0.1) is 0 Å². The normalized spacial score (nSPS) is 34.4. The van der Waals surface area contributed by atoms with Crippen LogP contribution < -0.4 is 10.6 Å². The second-order valence-electron chi connectivity index (χ2n) is 5.00. The van der Waals surface area contributed by atoms with Crippen LogP contribution in [0.25, 0.3) is 0 Å². The molecular formula is C12H18N2O3. The second-order valence-corrected chi connectivity index (χ2v) is 5.00. The Morgan fingerprint density at radius 2 is 2.06 bits per heavy atom. The topological polar surface area (TPSA) is 78.4 Å². The first-order chi connectivity index (χ1) is 8.06. The van der Waals surface area contributed by atoms with Gasteiger partial charge in [0.25, 0.3) is 0 Å². The first kappa shape index (κ1) is 12.0. The third kappa shape index (κ3) is 3.22. The van der Waals surface area contributed by atoms with Crippen molar-refractivity contribution in [2.75, 3.05) is 6.54 Å². The largest absolute Gasteiger partial charge is 0.481 e. The molecule has 94 valence electrons. The molecule has 0 radical (unpaired) electrons. The van der Waals surface area contributed by atoms with Crippen LogP contribution in [0, 0.1) is 17.8 Å². The van der Waals surface area contributed by atoms with Gasteiger partial charge in [-0.1, -0.05) is 19.1 Å². The number of rotatable bonds is 4. The second kappa shape index (κ2) is 4.77. The highest BCUT2D eigenvalue weighted by atomic mass is 16.4. The van der Waals surface area contributed by atoms with E-state index in [1.54, 1.807) is 12.2 Å². The molecule has 0 aromatic carbocycles. The molecule has 0 aliphatic heterocycles. The average Bonchev–Trinajstić information content (AvgIpc) is 2.77. The number of urea groups is 1. The monoisotopic (exact) mass is 238 g/mol.